The number of carbonyl (C=O) groups is 1. The van der Waals surface area contributed by atoms with Crippen LogP contribution in [0.3, 0.4) is 0 Å². The van der Waals surface area contributed by atoms with Gasteiger partial charge in [-0.3, -0.25) is 9.52 Å². The number of amides is 1. The fourth-order valence-corrected chi connectivity index (χ4v) is 3.79. The molecule has 1 aromatic carbocycles. The predicted molar refractivity (Wildman–Crippen MR) is 90.9 cm³/mol. The molecule has 2 aromatic rings. The van der Waals surface area contributed by atoms with Crippen LogP contribution in [-0.2, 0) is 10.0 Å². The minimum atomic E-state index is -3.73. The summed E-state index contributed by atoms with van der Waals surface area (Å²) in [6.07, 6.45) is 3.32. The molecule has 1 aromatic heterocycles. The van der Waals surface area contributed by atoms with E-state index in [0.29, 0.717) is 11.4 Å². The number of benzene rings is 1. The second-order valence-corrected chi connectivity index (χ2v) is 7.96. The number of halogens is 1. The van der Waals surface area contributed by atoms with Crippen LogP contribution < -0.4 is 4.72 Å². The first-order valence-electron chi connectivity index (χ1n) is 7.22. The molecule has 0 radical (unpaired) electrons. The van der Waals surface area contributed by atoms with Crippen LogP contribution in [0.1, 0.15) is 23.3 Å². The summed E-state index contributed by atoms with van der Waals surface area (Å²) in [6, 6.07) is 8.19. The molecule has 8 heteroatoms. The molecule has 0 saturated carbocycles. The summed E-state index contributed by atoms with van der Waals surface area (Å²) in [5.41, 5.74) is 0.755. The number of hydrogen-bond donors (Lipinski definition) is 2. The van der Waals surface area contributed by atoms with E-state index in [9.17, 15) is 13.2 Å². The first-order chi connectivity index (χ1) is 11.0. The molecular formula is C15H16BrN3O3S. The maximum atomic E-state index is 12.4. The van der Waals surface area contributed by atoms with Crippen LogP contribution in [0.25, 0.3) is 0 Å². The smallest absolute Gasteiger partial charge is 0.270 e. The molecule has 0 bridgehead atoms. The van der Waals surface area contributed by atoms with Gasteiger partial charge in [0.1, 0.15) is 10.6 Å². The lowest BCUT2D eigenvalue weighted by Gasteiger charge is -2.13. The monoisotopic (exact) mass is 397 g/mol. The van der Waals surface area contributed by atoms with Crippen LogP contribution in [0.15, 0.2) is 45.9 Å². The van der Waals surface area contributed by atoms with Crippen molar-refractivity contribution in [1.82, 2.24) is 9.88 Å². The summed E-state index contributed by atoms with van der Waals surface area (Å²) in [4.78, 5) is 16.8. The maximum absolute atomic E-state index is 12.4. The van der Waals surface area contributed by atoms with Crippen LogP contribution in [0.2, 0.25) is 0 Å². The molecule has 1 aliphatic heterocycles. The van der Waals surface area contributed by atoms with E-state index in [1.165, 1.54) is 12.3 Å². The normalized spacial score (nSPS) is 14.9. The molecule has 0 unspecified atom stereocenters. The molecule has 1 fully saturated rings. The van der Waals surface area contributed by atoms with Crippen LogP contribution in [-0.4, -0.2) is 37.3 Å². The molecule has 0 atom stereocenters. The summed E-state index contributed by atoms with van der Waals surface area (Å²) >= 11 is 3.30. The fourth-order valence-electron chi connectivity index (χ4n) is 2.48. The van der Waals surface area contributed by atoms with Gasteiger partial charge in [0, 0.05) is 29.4 Å². The molecule has 2 heterocycles. The summed E-state index contributed by atoms with van der Waals surface area (Å²) in [7, 11) is -3.73. The van der Waals surface area contributed by atoms with Crippen molar-refractivity contribution < 1.29 is 13.2 Å². The molecular weight excluding hydrogens is 382 g/mol. The average Bonchev–Trinajstić information content (AvgIpc) is 3.20. The first-order valence-corrected chi connectivity index (χ1v) is 9.49. The number of nitrogens with zero attached hydrogens (tertiary/aromatic N) is 1. The third-order valence-electron chi connectivity index (χ3n) is 3.69. The Balaban J connectivity index is 1.78. The number of likely N-dealkylation sites (tertiary alicyclic amines) is 1. The fraction of sp³-hybridized carbons (Fsp3) is 0.267. The van der Waals surface area contributed by atoms with Crippen molar-refractivity contribution in [3.8, 4) is 0 Å². The Hall–Kier alpha value is -1.80. The summed E-state index contributed by atoms with van der Waals surface area (Å²) < 4.78 is 28.1. The molecule has 6 nitrogen and oxygen atoms in total. The Morgan fingerprint density at radius 3 is 2.48 bits per heavy atom. The lowest BCUT2D eigenvalue weighted by atomic mass is 10.3. The van der Waals surface area contributed by atoms with Crippen LogP contribution in [0.5, 0.6) is 0 Å². The van der Waals surface area contributed by atoms with E-state index in [-0.39, 0.29) is 10.8 Å². The Labute approximate surface area is 143 Å². The molecule has 1 aliphatic rings. The topological polar surface area (TPSA) is 82.3 Å². The van der Waals surface area contributed by atoms with E-state index in [4.69, 9.17) is 0 Å². The van der Waals surface area contributed by atoms with E-state index in [2.05, 4.69) is 25.6 Å². The van der Waals surface area contributed by atoms with Gasteiger partial charge in [0.05, 0.1) is 0 Å². The largest absolute Gasteiger partial charge is 0.356 e. The molecule has 1 saturated heterocycles. The zero-order valence-corrected chi connectivity index (χ0v) is 14.7. The number of aromatic amines is 1. The Morgan fingerprint density at radius 2 is 1.83 bits per heavy atom. The van der Waals surface area contributed by atoms with Crippen molar-refractivity contribution in [3.63, 3.8) is 0 Å². The van der Waals surface area contributed by atoms with Gasteiger partial charge in [-0.1, -0.05) is 15.9 Å². The van der Waals surface area contributed by atoms with Gasteiger partial charge < -0.3 is 9.88 Å². The molecule has 23 heavy (non-hydrogen) atoms. The van der Waals surface area contributed by atoms with Gasteiger partial charge in [0.15, 0.2) is 0 Å². The van der Waals surface area contributed by atoms with Crippen molar-refractivity contribution in [2.75, 3.05) is 17.8 Å². The van der Waals surface area contributed by atoms with Gasteiger partial charge >= 0.3 is 0 Å². The third kappa shape index (κ3) is 3.59. The van der Waals surface area contributed by atoms with Crippen molar-refractivity contribution in [2.24, 2.45) is 0 Å². The lowest BCUT2D eigenvalue weighted by Crippen LogP contribution is -2.27. The minimum absolute atomic E-state index is 0.0444. The first kappa shape index (κ1) is 16.1. The predicted octanol–water partition coefficient (Wildman–Crippen LogP) is 2.81. The highest BCUT2D eigenvalue weighted by molar-refractivity contribution is 9.10. The minimum Gasteiger partial charge on any atom is -0.356 e. The second kappa shape index (κ2) is 6.37. The number of H-pyrrole nitrogens is 1. The van der Waals surface area contributed by atoms with Gasteiger partial charge in [-0.15, -0.1) is 0 Å². The zero-order valence-electron chi connectivity index (χ0n) is 12.3. The summed E-state index contributed by atoms with van der Waals surface area (Å²) in [5.74, 6) is -0.160. The number of aromatic nitrogens is 1. The van der Waals surface area contributed by atoms with Crippen LogP contribution in [0, 0.1) is 0 Å². The summed E-state index contributed by atoms with van der Waals surface area (Å²) in [6.45, 7) is 1.44. The van der Waals surface area contributed by atoms with Crippen molar-refractivity contribution >= 4 is 37.5 Å². The van der Waals surface area contributed by atoms with E-state index in [1.54, 1.807) is 29.2 Å². The number of nitrogens with one attached hydrogen (secondary N) is 2. The molecule has 0 spiro atoms. The molecule has 2 N–H and O–H groups in total. The van der Waals surface area contributed by atoms with Gasteiger partial charge in [0.25, 0.3) is 15.9 Å². The number of rotatable bonds is 4. The van der Waals surface area contributed by atoms with Crippen LogP contribution >= 0.6 is 15.9 Å². The number of sulfonamides is 1. The highest BCUT2D eigenvalue weighted by Crippen LogP contribution is 2.20. The Kier molecular flexibility index (Phi) is 4.45. The molecule has 1 amide bonds. The average molecular weight is 398 g/mol. The maximum Gasteiger partial charge on any atom is 0.270 e. The zero-order chi connectivity index (χ0) is 16.4. The Morgan fingerprint density at radius 1 is 1.17 bits per heavy atom. The van der Waals surface area contributed by atoms with E-state index in [1.807, 2.05) is 0 Å². The van der Waals surface area contributed by atoms with Gasteiger partial charge in [-0.2, -0.15) is 0 Å². The van der Waals surface area contributed by atoms with E-state index < -0.39 is 10.0 Å². The molecule has 122 valence electrons. The van der Waals surface area contributed by atoms with Crippen LogP contribution in [0.4, 0.5) is 5.69 Å². The quantitative estimate of drug-likeness (QED) is 0.831. The van der Waals surface area contributed by atoms with Gasteiger partial charge in [-0.25, -0.2) is 8.42 Å². The van der Waals surface area contributed by atoms with E-state index in [0.717, 1.165) is 30.4 Å². The summed E-state index contributed by atoms with van der Waals surface area (Å²) in [5, 5.41) is 0. The SMILES string of the molecule is O=C(c1cc(S(=O)(=O)Nc2ccc(Br)cc2)c[nH]1)N1CCCC1. The highest BCUT2D eigenvalue weighted by Gasteiger charge is 2.23. The van der Waals surface area contributed by atoms with Crippen molar-refractivity contribution in [3.05, 3.63) is 46.7 Å². The second-order valence-electron chi connectivity index (χ2n) is 5.36. The number of carbonyl (C=O) groups excluding carboxylic acids is 1. The molecule has 0 aliphatic carbocycles. The van der Waals surface area contributed by atoms with Crippen molar-refractivity contribution in [2.45, 2.75) is 17.7 Å². The number of anilines is 1. The van der Waals surface area contributed by atoms with E-state index >= 15 is 0 Å². The standard InChI is InChI=1S/C15H16BrN3O3S/c16-11-3-5-12(6-4-11)18-23(21,22)13-9-14(17-10-13)15(20)19-7-1-2-8-19/h3-6,9-10,17-18H,1-2,7-8H2. The highest BCUT2D eigenvalue weighted by atomic mass is 79.9. The number of hydrogen-bond acceptors (Lipinski definition) is 3. The van der Waals surface area contributed by atoms with Gasteiger partial charge in [0.2, 0.25) is 0 Å². The molecule has 3 rings (SSSR count). The lowest BCUT2D eigenvalue weighted by molar-refractivity contribution is 0.0787. The van der Waals surface area contributed by atoms with Gasteiger partial charge in [-0.05, 0) is 43.2 Å². The Bertz CT molecular complexity index is 809. The van der Waals surface area contributed by atoms with Crippen molar-refractivity contribution in [1.29, 1.82) is 0 Å². The third-order valence-corrected chi connectivity index (χ3v) is 5.58.